The van der Waals surface area contributed by atoms with E-state index in [2.05, 4.69) is 20.5 Å². The van der Waals surface area contributed by atoms with Gasteiger partial charge in [-0.3, -0.25) is 4.98 Å². The number of halogens is 5. The second kappa shape index (κ2) is 5.68. The lowest BCUT2D eigenvalue weighted by Crippen LogP contribution is -2.32. The maximum Gasteiger partial charge on any atom is 0.417 e. The first kappa shape index (κ1) is 15.2. The Kier molecular flexibility index (Phi) is 4.11. The number of aromatic nitrogens is 5. The van der Waals surface area contributed by atoms with Gasteiger partial charge in [-0.1, -0.05) is 0 Å². The van der Waals surface area contributed by atoms with Gasteiger partial charge in [-0.15, -0.1) is 5.10 Å². The molecule has 0 spiro atoms. The van der Waals surface area contributed by atoms with Gasteiger partial charge < -0.3 is 5.11 Å². The summed E-state index contributed by atoms with van der Waals surface area (Å²) in [5, 5.41) is 19.4. The van der Waals surface area contributed by atoms with Crippen molar-refractivity contribution in [2.45, 2.75) is 24.7 Å². The Hall–Kier alpha value is -2.17. The van der Waals surface area contributed by atoms with E-state index in [4.69, 9.17) is 0 Å². The first-order valence-electron chi connectivity index (χ1n) is 5.52. The molecule has 2 aromatic rings. The Morgan fingerprint density at radius 2 is 1.90 bits per heavy atom. The van der Waals surface area contributed by atoms with Gasteiger partial charge in [0.05, 0.1) is 11.3 Å². The molecule has 114 valence electrons. The molecule has 0 saturated heterocycles. The molecular weight excluding hydrogens is 301 g/mol. The van der Waals surface area contributed by atoms with Crippen LogP contribution in [-0.2, 0) is 6.18 Å². The minimum atomic E-state index is -4.60. The predicted molar refractivity (Wildman–Crippen MR) is 57.2 cm³/mol. The number of aliphatic hydroxyl groups is 1. The van der Waals surface area contributed by atoms with E-state index in [1.54, 1.807) is 0 Å². The maximum atomic E-state index is 12.7. The molecule has 0 aliphatic rings. The molecule has 2 rings (SSSR count). The molecule has 2 aromatic heterocycles. The Balaban J connectivity index is 2.38. The van der Waals surface area contributed by atoms with Crippen LogP contribution in [0.3, 0.4) is 0 Å². The van der Waals surface area contributed by atoms with Crippen molar-refractivity contribution >= 4 is 0 Å². The highest BCUT2D eigenvalue weighted by molar-refractivity contribution is 5.20. The third-order valence-electron chi connectivity index (χ3n) is 2.65. The van der Waals surface area contributed by atoms with Crippen LogP contribution in [0.25, 0.3) is 0 Å². The fraction of sp³-hybridized carbons (Fsp3) is 0.400. The molecule has 0 aromatic carbocycles. The SMILES string of the molecule is OC(C(F)F)C(c1ccc(C(F)(F)F)cn1)n1cnnn1. The highest BCUT2D eigenvalue weighted by atomic mass is 19.4. The van der Waals surface area contributed by atoms with Crippen LogP contribution in [0.5, 0.6) is 0 Å². The third kappa shape index (κ3) is 3.29. The lowest BCUT2D eigenvalue weighted by molar-refractivity contribution is -0.137. The lowest BCUT2D eigenvalue weighted by Gasteiger charge is -2.21. The van der Waals surface area contributed by atoms with Crippen LogP contribution < -0.4 is 0 Å². The number of alkyl halides is 5. The van der Waals surface area contributed by atoms with Gasteiger partial charge in [-0.2, -0.15) is 13.2 Å². The topological polar surface area (TPSA) is 76.7 Å². The smallest absolute Gasteiger partial charge is 0.384 e. The van der Waals surface area contributed by atoms with E-state index in [1.165, 1.54) is 0 Å². The first-order valence-corrected chi connectivity index (χ1v) is 5.52. The number of nitrogens with zero attached hydrogens (tertiary/aromatic N) is 5. The van der Waals surface area contributed by atoms with E-state index in [-0.39, 0.29) is 5.69 Å². The average molecular weight is 309 g/mol. The van der Waals surface area contributed by atoms with E-state index >= 15 is 0 Å². The quantitative estimate of drug-likeness (QED) is 0.862. The van der Waals surface area contributed by atoms with Gasteiger partial charge in [0.25, 0.3) is 6.43 Å². The molecule has 21 heavy (non-hydrogen) atoms. The Morgan fingerprint density at radius 3 is 2.33 bits per heavy atom. The van der Waals surface area contributed by atoms with Crippen LogP contribution in [0.1, 0.15) is 17.3 Å². The Bertz CT molecular complexity index is 571. The summed E-state index contributed by atoms with van der Waals surface area (Å²) in [6.45, 7) is 0. The van der Waals surface area contributed by atoms with E-state index < -0.39 is 30.3 Å². The summed E-state index contributed by atoms with van der Waals surface area (Å²) in [7, 11) is 0. The van der Waals surface area contributed by atoms with Gasteiger partial charge in [-0.05, 0) is 22.6 Å². The predicted octanol–water partition coefficient (Wildman–Crippen LogP) is 1.30. The molecule has 0 aliphatic carbocycles. The highest BCUT2D eigenvalue weighted by Gasteiger charge is 2.34. The zero-order chi connectivity index (χ0) is 15.6. The monoisotopic (exact) mass is 309 g/mol. The van der Waals surface area contributed by atoms with Gasteiger partial charge in [0.15, 0.2) is 0 Å². The zero-order valence-corrected chi connectivity index (χ0v) is 10.1. The molecule has 0 aliphatic heterocycles. The summed E-state index contributed by atoms with van der Waals surface area (Å²) in [5.41, 5.74) is -1.25. The fourth-order valence-electron chi connectivity index (χ4n) is 1.65. The molecule has 0 amide bonds. The van der Waals surface area contributed by atoms with Crippen molar-refractivity contribution in [3.05, 3.63) is 35.9 Å². The summed E-state index contributed by atoms with van der Waals surface area (Å²) in [5.74, 6) is 0. The van der Waals surface area contributed by atoms with Crippen LogP contribution in [-0.4, -0.2) is 42.8 Å². The van der Waals surface area contributed by atoms with E-state index in [9.17, 15) is 27.1 Å². The van der Waals surface area contributed by atoms with Gasteiger partial charge in [0, 0.05) is 6.20 Å². The van der Waals surface area contributed by atoms with Crippen LogP contribution >= 0.6 is 0 Å². The standard InChI is InChI=1S/C10H8F5N5O/c11-9(12)8(21)7(20-4-17-18-19-20)6-2-1-5(3-16-6)10(13,14)15/h1-4,7-9,21H. The molecule has 0 saturated carbocycles. The Labute approximate surface area is 114 Å². The second-order valence-corrected chi connectivity index (χ2v) is 4.03. The Morgan fingerprint density at radius 1 is 1.19 bits per heavy atom. The molecule has 2 atom stereocenters. The number of rotatable bonds is 4. The summed E-state index contributed by atoms with van der Waals surface area (Å²) in [6, 6.07) is 0.0702. The van der Waals surface area contributed by atoms with E-state index in [0.717, 1.165) is 17.1 Å². The molecular formula is C10H8F5N5O. The minimum absolute atomic E-state index is 0.219. The van der Waals surface area contributed by atoms with Gasteiger partial charge in [-0.25, -0.2) is 13.5 Å². The molecule has 0 radical (unpaired) electrons. The van der Waals surface area contributed by atoms with Crippen molar-refractivity contribution in [2.24, 2.45) is 0 Å². The van der Waals surface area contributed by atoms with Gasteiger partial charge in [0.1, 0.15) is 18.5 Å². The number of hydrogen-bond acceptors (Lipinski definition) is 5. The second-order valence-electron chi connectivity index (χ2n) is 4.03. The van der Waals surface area contributed by atoms with Gasteiger partial charge >= 0.3 is 6.18 Å². The van der Waals surface area contributed by atoms with Crippen molar-refractivity contribution in [3.8, 4) is 0 Å². The summed E-state index contributed by atoms with van der Waals surface area (Å²) in [6.07, 6.45) is -8.53. The highest BCUT2D eigenvalue weighted by Crippen LogP contribution is 2.30. The van der Waals surface area contributed by atoms with E-state index in [0.29, 0.717) is 12.3 Å². The normalized spacial score (nSPS) is 15.2. The summed E-state index contributed by atoms with van der Waals surface area (Å²) < 4.78 is 63.5. The van der Waals surface area contributed by atoms with Crippen LogP contribution in [0, 0.1) is 0 Å². The fourth-order valence-corrected chi connectivity index (χ4v) is 1.65. The van der Waals surface area contributed by atoms with Crippen molar-refractivity contribution in [2.75, 3.05) is 0 Å². The van der Waals surface area contributed by atoms with Crippen molar-refractivity contribution in [3.63, 3.8) is 0 Å². The zero-order valence-electron chi connectivity index (χ0n) is 10.1. The van der Waals surface area contributed by atoms with Crippen molar-refractivity contribution < 1.29 is 27.1 Å². The number of hydrogen-bond donors (Lipinski definition) is 1. The largest absolute Gasteiger partial charge is 0.417 e. The molecule has 2 unspecified atom stereocenters. The van der Waals surface area contributed by atoms with E-state index in [1.807, 2.05) is 0 Å². The van der Waals surface area contributed by atoms with Crippen LogP contribution in [0.4, 0.5) is 22.0 Å². The molecule has 0 bridgehead atoms. The summed E-state index contributed by atoms with van der Waals surface area (Å²) in [4.78, 5) is 3.48. The van der Waals surface area contributed by atoms with Crippen LogP contribution in [0.2, 0.25) is 0 Å². The molecule has 2 heterocycles. The first-order chi connectivity index (χ1) is 9.80. The van der Waals surface area contributed by atoms with Crippen molar-refractivity contribution in [1.82, 2.24) is 25.2 Å². The third-order valence-corrected chi connectivity index (χ3v) is 2.65. The average Bonchev–Trinajstić information content (AvgIpc) is 2.92. The van der Waals surface area contributed by atoms with Gasteiger partial charge in [0.2, 0.25) is 0 Å². The maximum absolute atomic E-state index is 12.7. The molecule has 11 heteroatoms. The minimum Gasteiger partial charge on any atom is -0.384 e. The summed E-state index contributed by atoms with van der Waals surface area (Å²) >= 11 is 0. The van der Waals surface area contributed by atoms with Crippen LogP contribution in [0.15, 0.2) is 24.7 Å². The lowest BCUT2D eigenvalue weighted by atomic mass is 10.1. The molecule has 6 nitrogen and oxygen atoms in total. The number of aliphatic hydroxyl groups excluding tert-OH is 1. The van der Waals surface area contributed by atoms with Crippen molar-refractivity contribution in [1.29, 1.82) is 0 Å². The number of pyridine rings is 1. The number of tetrazole rings is 1. The molecule has 0 fully saturated rings. The molecule has 1 N–H and O–H groups in total.